The SMILES string of the molecule is CC(C)[C@H](NC(=O)c1cnc(-c2ccccc2)nc1)c1nc2ccccc2[nH]1. The van der Waals surface area contributed by atoms with E-state index >= 15 is 0 Å². The minimum absolute atomic E-state index is 0.161. The van der Waals surface area contributed by atoms with Gasteiger partial charge in [0.25, 0.3) is 5.91 Å². The quantitative estimate of drug-likeness (QED) is 0.552. The minimum Gasteiger partial charge on any atom is -0.342 e. The molecule has 0 unspecified atom stereocenters. The highest BCUT2D eigenvalue weighted by Crippen LogP contribution is 2.23. The summed E-state index contributed by atoms with van der Waals surface area (Å²) in [5.74, 6) is 1.27. The number of carbonyl (C=O) groups is 1. The molecular weight excluding hydrogens is 350 g/mol. The van der Waals surface area contributed by atoms with Crippen LogP contribution in [0.2, 0.25) is 0 Å². The van der Waals surface area contributed by atoms with Gasteiger partial charge in [-0.15, -0.1) is 0 Å². The summed E-state index contributed by atoms with van der Waals surface area (Å²) in [4.78, 5) is 29.4. The Morgan fingerprint density at radius 2 is 1.64 bits per heavy atom. The van der Waals surface area contributed by atoms with Crippen LogP contribution in [0.25, 0.3) is 22.4 Å². The molecule has 0 saturated carbocycles. The number of aromatic amines is 1. The summed E-state index contributed by atoms with van der Waals surface area (Å²) in [7, 11) is 0. The van der Waals surface area contributed by atoms with Crippen molar-refractivity contribution >= 4 is 16.9 Å². The first kappa shape index (κ1) is 17.9. The summed E-state index contributed by atoms with van der Waals surface area (Å²) in [6.45, 7) is 4.10. The van der Waals surface area contributed by atoms with Gasteiger partial charge in [0, 0.05) is 18.0 Å². The van der Waals surface area contributed by atoms with E-state index < -0.39 is 0 Å². The molecule has 28 heavy (non-hydrogen) atoms. The van der Waals surface area contributed by atoms with Crippen LogP contribution < -0.4 is 5.32 Å². The molecule has 0 aliphatic carbocycles. The molecule has 2 N–H and O–H groups in total. The van der Waals surface area contributed by atoms with E-state index in [2.05, 4.69) is 25.3 Å². The van der Waals surface area contributed by atoms with Gasteiger partial charge in [-0.05, 0) is 18.1 Å². The van der Waals surface area contributed by atoms with Crippen molar-refractivity contribution in [3.63, 3.8) is 0 Å². The Balaban J connectivity index is 1.55. The molecular formula is C22H21N5O. The molecule has 4 rings (SSSR count). The Kier molecular flexibility index (Phi) is 4.85. The molecule has 1 atom stereocenters. The molecule has 0 fully saturated rings. The third kappa shape index (κ3) is 3.62. The van der Waals surface area contributed by atoms with Crippen molar-refractivity contribution in [2.75, 3.05) is 0 Å². The second kappa shape index (κ2) is 7.60. The molecule has 0 saturated heterocycles. The van der Waals surface area contributed by atoms with Gasteiger partial charge in [0.15, 0.2) is 5.82 Å². The van der Waals surface area contributed by atoms with E-state index in [-0.39, 0.29) is 17.9 Å². The second-order valence-corrected chi connectivity index (χ2v) is 7.00. The zero-order valence-corrected chi connectivity index (χ0v) is 15.8. The van der Waals surface area contributed by atoms with Gasteiger partial charge in [0.1, 0.15) is 5.82 Å². The first-order valence-corrected chi connectivity index (χ1v) is 9.25. The number of nitrogens with one attached hydrogen (secondary N) is 2. The summed E-state index contributed by atoms with van der Waals surface area (Å²) in [5.41, 5.74) is 3.17. The van der Waals surface area contributed by atoms with Crippen LogP contribution in [0.15, 0.2) is 67.0 Å². The maximum absolute atomic E-state index is 12.8. The van der Waals surface area contributed by atoms with Gasteiger partial charge >= 0.3 is 0 Å². The molecule has 0 bridgehead atoms. The van der Waals surface area contributed by atoms with Gasteiger partial charge in [-0.2, -0.15) is 0 Å². The molecule has 6 heteroatoms. The smallest absolute Gasteiger partial charge is 0.255 e. The number of imidazole rings is 1. The molecule has 0 radical (unpaired) electrons. The largest absolute Gasteiger partial charge is 0.342 e. The number of benzene rings is 2. The van der Waals surface area contributed by atoms with E-state index in [4.69, 9.17) is 0 Å². The van der Waals surface area contributed by atoms with Crippen LogP contribution >= 0.6 is 0 Å². The third-order valence-electron chi connectivity index (χ3n) is 4.60. The number of hydrogen-bond acceptors (Lipinski definition) is 4. The van der Waals surface area contributed by atoms with Crippen molar-refractivity contribution in [2.24, 2.45) is 5.92 Å². The van der Waals surface area contributed by atoms with Crippen molar-refractivity contribution in [1.29, 1.82) is 0 Å². The fourth-order valence-electron chi connectivity index (χ4n) is 3.08. The molecule has 2 aromatic carbocycles. The summed E-state index contributed by atoms with van der Waals surface area (Å²) < 4.78 is 0. The predicted molar refractivity (Wildman–Crippen MR) is 109 cm³/mol. The third-order valence-corrected chi connectivity index (χ3v) is 4.60. The van der Waals surface area contributed by atoms with Crippen LogP contribution in [0.5, 0.6) is 0 Å². The van der Waals surface area contributed by atoms with Crippen molar-refractivity contribution in [1.82, 2.24) is 25.3 Å². The molecule has 0 spiro atoms. The normalized spacial score (nSPS) is 12.2. The lowest BCUT2D eigenvalue weighted by atomic mass is 10.0. The van der Waals surface area contributed by atoms with E-state index in [1.165, 1.54) is 0 Å². The number of nitrogens with zero attached hydrogens (tertiary/aromatic N) is 3. The first-order valence-electron chi connectivity index (χ1n) is 9.25. The number of carbonyl (C=O) groups excluding carboxylic acids is 1. The van der Waals surface area contributed by atoms with E-state index in [1.54, 1.807) is 12.4 Å². The van der Waals surface area contributed by atoms with Gasteiger partial charge in [0.2, 0.25) is 0 Å². The molecule has 4 aromatic rings. The number of rotatable bonds is 5. The maximum Gasteiger partial charge on any atom is 0.255 e. The number of amides is 1. The minimum atomic E-state index is -0.242. The number of H-pyrrole nitrogens is 1. The van der Waals surface area contributed by atoms with Crippen LogP contribution in [0.4, 0.5) is 0 Å². The zero-order chi connectivity index (χ0) is 19.5. The van der Waals surface area contributed by atoms with Crippen molar-refractivity contribution in [2.45, 2.75) is 19.9 Å². The number of fused-ring (bicyclic) bond motifs is 1. The summed E-state index contributed by atoms with van der Waals surface area (Å²) in [5, 5.41) is 3.06. The zero-order valence-electron chi connectivity index (χ0n) is 15.8. The van der Waals surface area contributed by atoms with Crippen LogP contribution in [-0.2, 0) is 0 Å². The Labute approximate surface area is 163 Å². The highest BCUT2D eigenvalue weighted by molar-refractivity contribution is 5.94. The lowest BCUT2D eigenvalue weighted by molar-refractivity contribution is 0.0922. The first-order chi connectivity index (χ1) is 13.6. The van der Waals surface area contributed by atoms with Crippen molar-refractivity contribution < 1.29 is 4.79 Å². The lowest BCUT2D eigenvalue weighted by Gasteiger charge is -2.20. The van der Waals surface area contributed by atoms with E-state index in [9.17, 15) is 4.79 Å². The molecule has 6 nitrogen and oxygen atoms in total. The Hall–Kier alpha value is -3.54. The fourth-order valence-corrected chi connectivity index (χ4v) is 3.08. The maximum atomic E-state index is 12.8. The summed E-state index contributed by atoms with van der Waals surface area (Å²) >= 11 is 0. The number of hydrogen-bond donors (Lipinski definition) is 2. The monoisotopic (exact) mass is 371 g/mol. The number of aromatic nitrogens is 4. The predicted octanol–water partition coefficient (Wildman–Crippen LogP) is 4.15. The van der Waals surface area contributed by atoms with Crippen molar-refractivity contribution in [3.05, 3.63) is 78.4 Å². The summed E-state index contributed by atoms with van der Waals surface area (Å²) in [6, 6.07) is 17.3. The van der Waals surface area contributed by atoms with Gasteiger partial charge in [-0.3, -0.25) is 4.79 Å². The topological polar surface area (TPSA) is 83.6 Å². The Morgan fingerprint density at radius 1 is 0.964 bits per heavy atom. The van der Waals surface area contributed by atoms with Crippen LogP contribution in [0, 0.1) is 5.92 Å². The van der Waals surface area contributed by atoms with Crippen LogP contribution in [0.1, 0.15) is 36.1 Å². The van der Waals surface area contributed by atoms with Crippen LogP contribution in [-0.4, -0.2) is 25.8 Å². The number of para-hydroxylation sites is 2. The second-order valence-electron chi connectivity index (χ2n) is 7.00. The van der Waals surface area contributed by atoms with E-state index in [0.717, 1.165) is 22.4 Å². The van der Waals surface area contributed by atoms with Crippen LogP contribution in [0.3, 0.4) is 0 Å². The van der Waals surface area contributed by atoms with Gasteiger partial charge in [-0.1, -0.05) is 56.3 Å². The highest BCUT2D eigenvalue weighted by Gasteiger charge is 2.22. The molecule has 2 aromatic heterocycles. The standard InChI is InChI=1S/C22H21N5O/c1-14(2)19(21-25-17-10-6-7-11-18(17)26-21)27-22(28)16-12-23-20(24-13-16)15-8-4-3-5-9-15/h3-14,19H,1-2H3,(H,25,26)(H,27,28)/t19-/m0/s1. The highest BCUT2D eigenvalue weighted by atomic mass is 16.1. The fraction of sp³-hybridized carbons (Fsp3) is 0.182. The molecule has 1 amide bonds. The average molecular weight is 371 g/mol. The molecule has 140 valence electrons. The average Bonchev–Trinajstić information content (AvgIpc) is 3.16. The molecule has 0 aliphatic rings. The van der Waals surface area contributed by atoms with Gasteiger partial charge in [0.05, 0.1) is 22.6 Å². The van der Waals surface area contributed by atoms with Crippen molar-refractivity contribution in [3.8, 4) is 11.4 Å². The Morgan fingerprint density at radius 3 is 2.32 bits per heavy atom. The molecule has 0 aliphatic heterocycles. The summed E-state index contributed by atoms with van der Waals surface area (Å²) in [6.07, 6.45) is 3.11. The van der Waals surface area contributed by atoms with E-state index in [1.807, 2.05) is 68.4 Å². The molecule has 2 heterocycles. The van der Waals surface area contributed by atoms with Gasteiger partial charge < -0.3 is 10.3 Å². The van der Waals surface area contributed by atoms with E-state index in [0.29, 0.717) is 11.4 Å². The lowest BCUT2D eigenvalue weighted by Crippen LogP contribution is -2.32. The Bertz CT molecular complexity index is 1050. The van der Waals surface area contributed by atoms with Gasteiger partial charge in [-0.25, -0.2) is 15.0 Å².